The predicted molar refractivity (Wildman–Crippen MR) is 161 cm³/mol. The van der Waals surface area contributed by atoms with E-state index in [9.17, 15) is 0 Å². The fourth-order valence-corrected chi connectivity index (χ4v) is 3.52. The van der Waals surface area contributed by atoms with Crippen LogP contribution in [0.2, 0.25) is 0 Å². The van der Waals surface area contributed by atoms with Gasteiger partial charge in [0.15, 0.2) is 0 Å². The van der Waals surface area contributed by atoms with Crippen molar-refractivity contribution in [3.05, 3.63) is 0 Å². The minimum atomic E-state index is 0.534. The Morgan fingerprint density at radius 1 is 0.195 bits per heavy atom. The van der Waals surface area contributed by atoms with Crippen molar-refractivity contribution in [3.8, 4) is 0 Å². The second-order valence-electron chi connectivity index (χ2n) is 9.60. The summed E-state index contributed by atoms with van der Waals surface area (Å²) < 4.78 is 55.0. The summed E-state index contributed by atoms with van der Waals surface area (Å²) in [4.78, 5) is 0. The van der Waals surface area contributed by atoms with Crippen LogP contribution in [0, 0.1) is 0 Å². The average Bonchev–Trinajstić information content (AvgIpc) is 2.98. The summed E-state index contributed by atoms with van der Waals surface area (Å²) in [7, 11) is 0. The summed E-state index contributed by atoms with van der Waals surface area (Å²) in [5, 5.41) is 0. The van der Waals surface area contributed by atoms with Gasteiger partial charge in [0.2, 0.25) is 0 Å². The van der Waals surface area contributed by atoms with Gasteiger partial charge in [-0.3, -0.25) is 0 Å². The Morgan fingerprint density at radius 3 is 0.585 bits per heavy atom. The molecule has 41 heavy (non-hydrogen) atoms. The van der Waals surface area contributed by atoms with Crippen LogP contribution < -0.4 is 0 Å². The van der Waals surface area contributed by atoms with Gasteiger partial charge < -0.3 is 47.4 Å². The molecule has 248 valence electrons. The lowest BCUT2D eigenvalue weighted by Gasteiger charge is -2.09. The average molecular weight is 597 g/mol. The molecule has 0 aromatic heterocycles. The fourth-order valence-electron chi connectivity index (χ4n) is 3.52. The summed E-state index contributed by atoms with van der Waals surface area (Å²) in [6, 6.07) is 0. The van der Waals surface area contributed by atoms with E-state index < -0.39 is 0 Å². The summed E-state index contributed by atoms with van der Waals surface area (Å²) >= 11 is 0. The van der Waals surface area contributed by atoms with Crippen LogP contribution in [0.3, 0.4) is 0 Å². The molecule has 0 spiro atoms. The first-order chi connectivity index (χ1) is 20.4. The van der Waals surface area contributed by atoms with Gasteiger partial charge in [-0.1, -0.05) is 58.8 Å². The van der Waals surface area contributed by atoms with Crippen LogP contribution >= 0.6 is 0 Å². The smallest absolute Gasteiger partial charge is 0.0701 e. The molecule has 10 nitrogen and oxygen atoms in total. The van der Waals surface area contributed by atoms with Crippen molar-refractivity contribution in [2.75, 3.05) is 132 Å². The Balaban J connectivity index is 3.02. The molecule has 0 aliphatic rings. The lowest BCUT2D eigenvalue weighted by atomic mass is 10.2. The molecule has 0 aromatic carbocycles. The number of hydrogen-bond donors (Lipinski definition) is 0. The van der Waals surface area contributed by atoms with E-state index in [-0.39, 0.29) is 0 Å². The molecule has 0 unspecified atom stereocenters. The van der Waals surface area contributed by atoms with Crippen LogP contribution in [-0.4, -0.2) is 132 Å². The second-order valence-corrected chi connectivity index (χ2v) is 9.60. The number of hydrogen-bond acceptors (Lipinski definition) is 10. The summed E-state index contributed by atoms with van der Waals surface area (Å²) in [5.41, 5.74) is 0. The lowest BCUT2D eigenvalue weighted by molar-refractivity contribution is -0.0264. The minimum Gasteiger partial charge on any atom is -0.379 e. The van der Waals surface area contributed by atoms with Gasteiger partial charge in [0.1, 0.15) is 0 Å². The van der Waals surface area contributed by atoms with Gasteiger partial charge in [-0.05, 0) is 12.8 Å². The molecule has 0 saturated carbocycles. The maximum Gasteiger partial charge on any atom is 0.0701 e. The Bertz CT molecular complexity index is 407. The zero-order valence-electron chi connectivity index (χ0n) is 26.6. The maximum absolute atomic E-state index is 5.56. The van der Waals surface area contributed by atoms with E-state index in [1.54, 1.807) is 0 Å². The van der Waals surface area contributed by atoms with E-state index in [1.807, 2.05) is 0 Å². The Kier molecular flexibility index (Phi) is 39.2. The molecule has 0 rings (SSSR count). The molecule has 10 heteroatoms. The van der Waals surface area contributed by atoms with E-state index in [2.05, 4.69) is 13.8 Å². The van der Waals surface area contributed by atoms with Gasteiger partial charge in [0.25, 0.3) is 0 Å². The Hall–Kier alpha value is -0.400. The number of unbranched alkanes of at least 4 members (excludes halogenated alkanes) is 7. The third kappa shape index (κ3) is 39.6. The molecular formula is C31H64O10. The second kappa shape index (κ2) is 39.6. The zero-order valence-corrected chi connectivity index (χ0v) is 26.6. The SMILES string of the molecule is CCCCCCCOCCOCCOCCOCCOCCOCCOCCOCCOCCOCCCCCC. The van der Waals surface area contributed by atoms with Gasteiger partial charge in [0, 0.05) is 13.2 Å². The van der Waals surface area contributed by atoms with E-state index in [1.165, 1.54) is 44.9 Å². The van der Waals surface area contributed by atoms with Gasteiger partial charge in [0.05, 0.1) is 119 Å². The normalized spacial score (nSPS) is 11.6. The van der Waals surface area contributed by atoms with Crippen molar-refractivity contribution in [2.24, 2.45) is 0 Å². The van der Waals surface area contributed by atoms with Crippen LogP contribution in [0.4, 0.5) is 0 Å². The number of ether oxygens (including phenoxy) is 10. The van der Waals surface area contributed by atoms with Crippen LogP contribution in [0.1, 0.15) is 71.6 Å². The van der Waals surface area contributed by atoms with Crippen molar-refractivity contribution in [3.63, 3.8) is 0 Å². The first-order valence-corrected chi connectivity index (χ1v) is 16.2. The summed E-state index contributed by atoms with van der Waals surface area (Å²) in [5.74, 6) is 0. The predicted octanol–water partition coefficient (Wildman–Crippen LogP) is 4.70. The quantitative estimate of drug-likeness (QED) is 0.0934. The highest BCUT2D eigenvalue weighted by molar-refractivity contribution is 4.43. The third-order valence-electron chi connectivity index (χ3n) is 5.88. The molecule has 0 aromatic rings. The highest BCUT2D eigenvalue weighted by atomic mass is 16.6. The van der Waals surface area contributed by atoms with Gasteiger partial charge in [-0.15, -0.1) is 0 Å². The van der Waals surface area contributed by atoms with Crippen LogP contribution in [0.5, 0.6) is 0 Å². The summed E-state index contributed by atoms with van der Waals surface area (Å²) in [6.07, 6.45) is 11.2. The molecule has 0 N–H and O–H groups in total. The first-order valence-electron chi connectivity index (χ1n) is 16.2. The molecule has 0 aliphatic heterocycles. The molecule has 0 atom stereocenters. The maximum atomic E-state index is 5.56. The molecule has 0 heterocycles. The molecular weight excluding hydrogens is 532 g/mol. The van der Waals surface area contributed by atoms with Crippen LogP contribution in [-0.2, 0) is 47.4 Å². The molecule has 0 saturated heterocycles. The van der Waals surface area contributed by atoms with Crippen LogP contribution in [0.15, 0.2) is 0 Å². The van der Waals surface area contributed by atoms with Gasteiger partial charge in [-0.2, -0.15) is 0 Å². The highest BCUT2D eigenvalue weighted by Gasteiger charge is 1.96. The lowest BCUT2D eigenvalue weighted by Crippen LogP contribution is -2.15. The van der Waals surface area contributed by atoms with E-state index in [0.717, 1.165) is 26.1 Å². The third-order valence-corrected chi connectivity index (χ3v) is 5.88. The fraction of sp³-hybridized carbons (Fsp3) is 1.00. The van der Waals surface area contributed by atoms with Crippen molar-refractivity contribution in [2.45, 2.75) is 71.6 Å². The van der Waals surface area contributed by atoms with Gasteiger partial charge in [-0.25, -0.2) is 0 Å². The topological polar surface area (TPSA) is 92.3 Å². The van der Waals surface area contributed by atoms with E-state index in [0.29, 0.717) is 119 Å². The zero-order chi connectivity index (χ0) is 29.6. The van der Waals surface area contributed by atoms with Crippen molar-refractivity contribution in [1.82, 2.24) is 0 Å². The molecule has 0 amide bonds. The van der Waals surface area contributed by atoms with Crippen molar-refractivity contribution in [1.29, 1.82) is 0 Å². The Morgan fingerprint density at radius 2 is 0.366 bits per heavy atom. The van der Waals surface area contributed by atoms with Crippen molar-refractivity contribution >= 4 is 0 Å². The van der Waals surface area contributed by atoms with Crippen LogP contribution in [0.25, 0.3) is 0 Å². The van der Waals surface area contributed by atoms with E-state index >= 15 is 0 Å². The Labute approximate surface area is 251 Å². The monoisotopic (exact) mass is 596 g/mol. The molecule has 0 radical (unpaired) electrons. The minimum absolute atomic E-state index is 0.534. The molecule has 0 fully saturated rings. The number of rotatable bonds is 38. The molecule has 0 aliphatic carbocycles. The first kappa shape index (κ1) is 40.6. The van der Waals surface area contributed by atoms with E-state index in [4.69, 9.17) is 47.4 Å². The standard InChI is InChI=1S/C31H64O10/c1-3-5-7-9-11-13-33-15-17-35-19-21-37-23-25-39-27-29-41-31-30-40-28-26-38-24-22-36-20-18-34-16-14-32-12-10-8-6-4-2/h3-31H2,1-2H3. The summed E-state index contributed by atoms with van der Waals surface area (Å²) in [6.45, 7) is 16.3. The van der Waals surface area contributed by atoms with Crippen molar-refractivity contribution < 1.29 is 47.4 Å². The largest absolute Gasteiger partial charge is 0.379 e. The highest BCUT2D eigenvalue weighted by Crippen LogP contribution is 2.02. The molecule has 0 bridgehead atoms. The van der Waals surface area contributed by atoms with Gasteiger partial charge >= 0.3 is 0 Å².